The average Bonchev–Trinajstić information content (AvgIpc) is 3.17. The minimum absolute atomic E-state index is 0.0193. The van der Waals surface area contributed by atoms with Gasteiger partial charge in [0.2, 0.25) is 29.5 Å². The number of carboxylic acids is 2. The standard InChI is InChI=1S/C34H55N9O15S/c1-15(2)25(41-28(50)19(7-5-9-35)39-27(49)18(37)12-44)29(51)40-20(10-22(38)46)21(45)11-24(48)58-13-16-14-59-33-34(57-3,32(56)43(33)26(16)31(54)55)42-23(47)8-4-6-17(36)30(52)53/h15,17-21,25,33,44-45H,4-14,35-37H2,1-3H3,(H2,38,46)(H,39,49)(H,40,51)(H,41,50)(H,42,47)(H,52,53)(H,54,55)/t17-,18?,19?,20?,21?,25?,33?,34-/m0/s1. The number of aliphatic carboxylic acids is 2. The Morgan fingerprint density at radius 3 is 2.15 bits per heavy atom. The van der Waals surface area contributed by atoms with Crippen LogP contribution < -0.4 is 44.2 Å². The van der Waals surface area contributed by atoms with Crippen molar-refractivity contribution in [2.45, 2.75) is 106 Å². The van der Waals surface area contributed by atoms with Crippen LogP contribution in [0.25, 0.3) is 0 Å². The number of methoxy groups -OCH3 is 1. The van der Waals surface area contributed by atoms with E-state index in [1.165, 1.54) is 0 Å². The fourth-order valence-corrected chi connectivity index (χ4v) is 7.40. The molecule has 6 amide bonds. The number of aliphatic hydroxyl groups excluding tert-OH is 2. The second-order valence-corrected chi connectivity index (χ2v) is 15.2. The summed E-state index contributed by atoms with van der Waals surface area (Å²) in [5.41, 5.74) is 19.4. The van der Waals surface area contributed by atoms with Crippen LogP contribution in [0.4, 0.5) is 0 Å². The number of thioether (sulfide) groups is 1. The molecule has 0 aromatic carbocycles. The Labute approximate surface area is 342 Å². The largest absolute Gasteiger partial charge is 0.480 e. The topological polar surface area (TPSA) is 408 Å². The van der Waals surface area contributed by atoms with Gasteiger partial charge in [0, 0.05) is 31.3 Å². The molecule has 0 saturated carbocycles. The first-order valence-electron chi connectivity index (χ1n) is 18.5. The Balaban J connectivity index is 2.13. The summed E-state index contributed by atoms with van der Waals surface area (Å²) in [4.78, 5) is 114. The summed E-state index contributed by atoms with van der Waals surface area (Å²) >= 11 is 0.991. The second-order valence-electron chi connectivity index (χ2n) is 14.1. The average molecular weight is 862 g/mol. The monoisotopic (exact) mass is 861 g/mol. The molecule has 16 N–H and O–H groups in total. The zero-order valence-corrected chi connectivity index (χ0v) is 33.7. The van der Waals surface area contributed by atoms with Crippen molar-refractivity contribution in [2.24, 2.45) is 28.9 Å². The van der Waals surface area contributed by atoms with Crippen molar-refractivity contribution in [2.75, 3.05) is 32.6 Å². The molecule has 24 nitrogen and oxygen atoms in total. The summed E-state index contributed by atoms with van der Waals surface area (Å²) in [6.07, 6.45) is -3.08. The van der Waals surface area contributed by atoms with Gasteiger partial charge in [-0.1, -0.05) is 13.8 Å². The van der Waals surface area contributed by atoms with E-state index in [0.717, 1.165) is 23.8 Å². The summed E-state index contributed by atoms with van der Waals surface area (Å²) in [5.74, 6) is -9.73. The molecule has 0 aromatic heterocycles. The van der Waals surface area contributed by atoms with Crippen LogP contribution >= 0.6 is 11.8 Å². The molecule has 332 valence electrons. The van der Waals surface area contributed by atoms with E-state index in [2.05, 4.69) is 21.3 Å². The van der Waals surface area contributed by atoms with Crippen molar-refractivity contribution >= 4 is 65.1 Å². The van der Waals surface area contributed by atoms with Gasteiger partial charge in [0.1, 0.15) is 41.8 Å². The number of aliphatic hydroxyl groups is 2. The molecule has 1 fully saturated rings. The van der Waals surface area contributed by atoms with E-state index in [-0.39, 0.29) is 43.6 Å². The number of amides is 6. The van der Waals surface area contributed by atoms with Gasteiger partial charge in [-0.25, -0.2) is 4.79 Å². The van der Waals surface area contributed by atoms with Crippen LogP contribution in [0.2, 0.25) is 0 Å². The molecule has 2 aliphatic rings. The molecule has 0 aromatic rings. The van der Waals surface area contributed by atoms with Crippen LogP contribution in [-0.4, -0.2) is 159 Å². The lowest BCUT2D eigenvalue weighted by atomic mass is 9.97. The summed E-state index contributed by atoms with van der Waals surface area (Å²) in [6, 6.07) is -6.49. The summed E-state index contributed by atoms with van der Waals surface area (Å²) in [7, 11) is 1.13. The number of fused-ring (bicyclic) bond motifs is 1. The van der Waals surface area contributed by atoms with Crippen molar-refractivity contribution in [3.63, 3.8) is 0 Å². The molecular formula is C34H55N9O15S. The molecular weight excluding hydrogens is 806 g/mol. The first-order valence-corrected chi connectivity index (χ1v) is 19.5. The van der Waals surface area contributed by atoms with E-state index < -0.39 is 138 Å². The van der Waals surface area contributed by atoms with Crippen molar-refractivity contribution in [1.82, 2.24) is 26.2 Å². The van der Waals surface area contributed by atoms with Gasteiger partial charge in [-0.2, -0.15) is 0 Å². The van der Waals surface area contributed by atoms with Crippen LogP contribution in [0, 0.1) is 5.92 Å². The van der Waals surface area contributed by atoms with E-state index in [4.69, 9.17) is 37.5 Å². The quantitative estimate of drug-likeness (QED) is 0.0219. The van der Waals surface area contributed by atoms with Gasteiger partial charge in [-0.3, -0.25) is 43.3 Å². The molecule has 25 heteroatoms. The number of nitrogens with one attached hydrogen (secondary N) is 4. The molecule has 0 bridgehead atoms. The van der Waals surface area contributed by atoms with Gasteiger partial charge in [0.25, 0.3) is 11.6 Å². The Hall–Kier alpha value is -4.92. The highest BCUT2D eigenvalue weighted by Crippen LogP contribution is 2.46. The lowest BCUT2D eigenvalue weighted by Gasteiger charge is -2.55. The molecule has 2 heterocycles. The second kappa shape index (κ2) is 23.0. The van der Waals surface area contributed by atoms with E-state index >= 15 is 0 Å². The summed E-state index contributed by atoms with van der Waals surface area (Å²) in [5, 5.41) is 47.9. The molecule has 1 saturated heterocycles. The molecule has 6 unspecified atom stereocenters. The van der Waals surface area contributed by atoms with E-state index in [9.17, 15) is 58.5 Å². The number of nitrogens with two attached hydrogens (primary N) is 4. The van der Waals surface area contributed by atoms with Gasteiger partial charge >= 0.3 is 17.9 Å². The molecule has 8 atom stereocenters. The lowest BCUT2D eigenvalue weighted by Crippen LogP contribution is -2.80. The normalized spacial score (nSPS) is 20.5. The van der Waals surface area contributed by atoms with Crippen LogP contribution in [0.5, 0.6) is 0 Å². The highest BCUT2D eigenvalue weighted by molar-refractivity contribution is 8.00. The van der Waals surface area contributed by atoms with Crippen LogP contribution in [0.1, 0.15) is 58.8 Å². The minimum atomic E-state index is -1.95. The minimum Gasteiger partial charge on any atom is -0.480 e. The molecule has 0 radical (unpaired) electrons. The number of carbonyl (C=O) groups is 9. The zero-order valence-electron chi connectivity index (χ0n) is 32.8. The maximum Gasteiger partial charge on any atom is 0.352 e. The fourth-order valence-electron chi connectivity index (χ4n) is 5.98. The maximum atomic E-state index is 13.4. The van der Waals surface area contributed by atoms with E-state index in [1.807, 2.05) is 0 Å². The predicted molar refractivity (Wildman–Crippen MR) is 204 cm³/mol. The van der Waals surface area contributed by atoms with E-state index in [0.29, 0.717) is 6.42 Å². The highest BCUT2D eigenvalue weighted by Gasteiger charge is 2.66. The van der Waals surface area contributed by atoms with Crippen molar-refractivity contribution < 1.29 is 73.1 Å². The molecule has 0 spiro atoms. The lowest BCUT2D eigenvalue weighted by molar-refractivity contribution is -0.192. The first kappa shape index (κ1) is 50.2. The van der Waals surface area contributed by atoms with Crippen molar-refractivity contribution in [1.29, 1.82) is 0 Å². The number of rotatable bonds is 26. The SMILES string of the molecule is CO[C@@]1(NC(=O)CCC[C@H](N)C(=O)O)C(=O)N2C(C(=O)O)=C(COC(=O)CC(O)C(CC(N)=O)NC(=O)C(NC(=O)C(CCCN)NC(=O)C(N)CO)C(C)C)CSC21. The number of primary amides is 1. The number of carbonyl (C=O) groups excluding carboxylic acids is 7. The number of β-lactam (4-membered cyclic amide) rings is 1. The van der Waals surface area contributed by atoms with Crippen LogP contribution in [0.3, 0.4) is 0 Å². The third-order valence-electron chi connectivity index (χ3n) is 9.30. The summed E-state index contributed by atoms with van der Waals surface area (Å²) in [6.45, 7) is 1.96. The fraction of sp³-hybridized carbons (Fsp3) is 0.676. The Bertz CT molecular complexity index is 1630. The molecule has 2 rings (SSSR count). The van der Waals surface area contributed by atoms with Gasteiger partial charge in [0.15, 0.2) is 0 Å². The first-order chi connectivity index (χ1) is 27.6. The third kappa shape index (κ3) is 13.6. The van der Waals surface area contributed by atoms with Gasteiger partial charge < -0.3 is 74.1 Å². The predicted octanol–water partition coefficient (Wildman–Crippen LogP) is -5.38. The Morgan fingerprint density at radius 2 is 1.61 bits per heavy atom. The molecule has 59 heavy (non-hydrogen) atoms. The van der Waals surface area contributed by atoms with E-state index in [1.54, 1.807) is 13.8 Å². The third-order valence-corrected chi connectivity index (χ3v) is 10.7. The van der Waals surface area contributed by atoms with Crippen molar-refractivity contribution in [3.05, 3.63) is 11.3 Å². The van der Waals surface area contributed by atoms with Gasteiger partial charge in [0.05, 0.1) is 25.2 Å². The smallest absolute Gasteiger partial charge is 0.352 e. The van der Waals surface area contributed by atoms with Crippen LogP contribution in [0.15, 0.2) is 11.3 Å². The summed E-state index contributed by atoms with van der Waals surface area (Å²) < 4.78 is 10.6. The number of nitrogens with zero attached hydrogens (tertiary/aromatic N) is 1. The number of hydrogen-bond donors (Lipinski definition) is 12. The Kier molecular flexibility index (Phi) is 19.6. The maximum absolute atomic E-state index is 13.4. The molecule has 2 aliphatic heterocycles. The molecule has 0 aliphatic carbocycles. The van der Waals surface area contributed by atoms with Gasteiger partial charge in [-0.15, -0.1) is 11.8 Å². The number of hydrogen-bond acceptors (Lipinski definition) is 17. The highest BCUT2D eigenvalue weighted by atomic mass is 32.2. The van der Waals surface area contributed by atoms with Crippen LogP contribution in [-0.2, 0) is 52.6 Å². The number of carboxylic acid groups (broad SMARTS) is 2. The Morgan fingerprint density at radius 1 is 0.949 bits per heavy atom. The number of ether oxygens (including phenoxy) is 2. The van der Waals surface area contributed by atoms with Gasteiger partial charge in [-0.05, 0) is 38.1 Å². The van der Waals surface area contributed by atoms with Crippen molar-refractivity contribution in [3.8, 4) is 0 Å². The number of esters is 1. The zero-order chi connectivity index (χ0) is 44.8.